The minimum Gasteiger partial charge on any atom is -0.368 e. The number of para-hydroxylation sites is 1. The number of hydrogen-bond acceptors (Lipinski definition) is 4. The molecule has 2 aromatic heterocycles. The smallest absolute Gasteiger partial charge is 0.277 e. The van der Waals surface area contributed by atoms with Gasteiger partial charge in [-0.05, 0) is 32.0 Å². The summed E-state index contributed by atoms with van der Waals surface area (Å²) in [5, 5.41) is 5.27. The van der Waals surface area contributed by atoms with Crippen LogP contribution in [-0.4, -0.2) is 51.3 Å². The van der Waals surface area contributed by atoms with Crippen molar-refractivity contribution in [2.45, 2.75) is 26.9 Å². The predicted molar refractivity (Wildman–Crippen MR) is 110 cm³/mol. The van der Waals surface area contributed by atoms with Gasteiger partial charge in [0.2, 0.25) is 5.91 Å². The Morgan fingerprint density at radius 1 is 1.07 bits per heavy atom. The number of benzene rings is 1. The normalized spacial score (nSPS) is 14.6. The largest absolute Gasteiger partial charge is 0.368 e. The Morgan fingerprint density at radius 3 is 2.46 bits per heavy atom. The van der Waals surface area contributed by atoms with Crippen LogP contribution in [0.2, 0.25) is 0 Å². The number of fused-ring (bicyclic) bond motifs is 1. The molecule has 1 fully saturated rings. The Kier molecular flexibility index (Phi) is 4.90. The van der Waals surface area contributed by atoms with Crippen molar-refractivity contribution in [1.82, 2.24) is 19.2 Å². The van der Waals surface area contributed by atoms with Gasteiger partial charge >= 0.3 is 0 Å². The Bertz CT molecular complexity index is 1050. The van der Waals surface area contributed by atoms with Gasteiger partial charge in [0.1, 0.15) is 12.1 Å². The van der Waals surface area contributed by atoms with E-state index in [1.165, 1.54) is 10.3 Å². The van der Waals surface area contributed by atoms with Gasteiger partial charge in [0.15, 0.2) is 0 Å². The fourth-order valence-corrected chi connectivity index (χ4v) is 3.84. The maximum absolute atomic E-state index is 12.9. The number of aromatic nitrogens is 3. The lowest BCUT2D eigenvalue weighted by Crippen LogP contribution is -2.50. The SMILES string of the molecule is CCn1nc(C)c2ccn(CC(=O)N3CCN(c4ccccc4)CC3)c(=O)c21. The molecule has 0 spiro atoms. The number of pyridine rings is 1. The fourth-order valence-electron chi connectivity index (χ4n) is 3.84. The molecule has 0 aliphatic carbocycles. The lowest BCUT2D eigenvalue weighted by Gasteiger charge is -2.36. The number of rotatable bonds is 4. The quantitative estimate of drug-likeness (QED) is 0.694. The summed E-state index contributed by atoms with van der Waals surface area (Å²) in [6.07, 6.45) is 1.71. The molecule has 1 aliphatic rings. The topological polar surface area (TPSA) is 63.4 Å². The number of nitrogens with zero attached hydrogens (tertiary/aromatic N) is 5. The highest BCUT2D eigenvalue weighted by Gasteiger charge is 2.22. The molecule has 0 saturated carbocycles. The molecular formula is C21H25N5O2. The average molecular weight is 379 g/mol. The van der Waals surface area contributed by atoms with E-state index in [2.05, 4.69) is 22.1 Å². The van der Waals surface area contributed by atoms with Gasteiger partial charge in [0.05, 0.1) is 5.69 Å². The molecule has 0 radical (unpaired) electrons. The van der Waals surface area contributed by atoms with E-state index in [-0.39, 0.29) is 18.0 Å². The number of carbonyl (C=O) groups is 1. The molecule has 0 atom stereocenters. The van der Waals surface area contributed by atoms with Crippen LogP contribution in [0.3, 0.4) is 0 Å². The summed E-state index contributed by atoms with van der Waals surface area (Å²) in [4.78, 5) is 29.8. The van der Waals surface area contributed by atoms with Crippen molar-refractivity contribution in [3.8, 4) is 0 Å². The molecule has 0 unspecified atom stereocenters. The number of hydrogen-bond donors (Lipinski definition) is 0. The molecule has 7 heteroatoms. The Hall–Kier alpha value is -3.09. The summed E-state index contributed by atoms with van der Waals surface area (Å²) in [6.45, 7) is 7.47. The van der Waals surface area contributed by atoms with Gasteiger partial charge in [0, 0.05) is 50.0 Å². The lowest BCUT2D eigenvalue weighted by atomic mass is 10.2. The van der Waals surface area contributed by atoms with E-state index < -0.39 is 0 Å². The van der Waals surface area contributed by atoms with Crippen LogP contribution >= 0.6 is 0 Å². The first-order valence-electron chi connectivity index (χ1n) is 9.73. The van der Waals surface area contributed by atoms with E-state index in [0.717, 1.165) is 24.2 Å². The summed E-state index contributed by atoms with van der Waals surface area (Å²) < 4.78 is 3.22. The number of carbonyl (C=O) groups excluding carboxylic acids is 1. The van der Waals surface area contributed by atoms with Gasteiger partial charge in [-0.25, -0.2) is 0 Å². The minimum absolute atomic E-state index is 0.0200. The number of amides is 1. The Balaban J connectivity index is 1.47. The van der Waals surface area contributed by atoms with Crippen molar-refractivity contribution >= 4 is 22.5 Å². The lowest BCUT2D eigenvalue weighted by molar-refractivity contribution is -0.132. The summed E-state index contributed by atoms with van der Waals surface area (Å²) >= 11 is 0. The van der Waals surface area contributed by atoms with E-state index in [9.17, 15) is 9.59 Å². The summed E-state index contributed by atoms with van der Waals surface area (Å²) in [6, 6.07) is 12.1. The maximum Gasteiger partial charge on any atom is 0.277 e. The zero-order chi connectivity index (χ0) is 19.7. The van der Waals surface area contributed by atoms with Gasteiger partial charge in [-0.3, -0.25) is 14.3 Å². The van der Waals surface area contributed by atoms with Gasteiger partial charge in [-0.15, -0.1) is 0 Å². The van der Waals surface area contributed by atoms with Crippen LogP contribution in [0.5, 0.6) is 0 Å². The van der Waals surface area contributed by atoms with Crippen LogP contribution in [0.15, 0.2) is 47.4 Å². The number of aryl methyl sites for hydroxylation is 2. The zero-order valence-corrected chi connectivity index (χ0v) is 16.3. The summed E-state index contributed by atoms with van der Waals surface area (Å²) in [7, 11) is 0. The number of piperazine rings is 1. The highest BCUT2D eigenvalue weighted by atomic mass is 16.2. The van der Waals surface area contributed by atoms with Crippen LogP contribution in [-0.2, 0) is 17.9 Å². The van der Waals surface area contributed by atoms with Gasteiger partial charge < -0.3 is 14.4 Å². The van der Waals surface area contributed by atoms with E-state index in [1.54, 1.807) is 10.9 Å². The molecular weight excluding hydrogens is 354 g/mol. The van der Waals surface area contributed by atoms with Crippen molar-refractivity contribution in [2.24, 2.45) is 0 Å². The van der Waals surface area contributed by atoms with Gasteiger partial charge in [0.25, 0.3) is 5.56 Å². The van der Waals surface area contributed by atoms with Crippen molar-refractivity contribution in [2.75, 3.05) is 31.1 Å². The highest BCUT2D eigenvalue weighted by Crippen LogP contribution is 2.16. The maximum atomic E-state index is 12.9. The van der Waals surface area contributed by atoms with E-state index in [0.29, 0.717) is 25.2 Å². The molecule has 1 aromatic carbocycles. The summed E-state index contributed by atoms with van der Waals surface area (Å²) in [5.74, 6) is -0.0200. The second kappa shape index (κ2) is 7.50. The first-order valence-corrected chi connectivity index (χ1v) is 9.73. The molecule has 3 aromatic rings. The first-order chi connectivity index (χ1) is 13.6. The van der Waals surface area contributed by atoms with Crippen molar-refractivity contribution in [1.29, 1.82) is 0 Å². The van der Waals surface area contributed by atoms with Crippen LogP contribution in [0, 0.1) is 6.92 Å². The third-order valence-corrected chi connectivity index (χ3v) is 5.42. The Morgan fingerprint density at radius 2 is 1.79 bits per heavy atom. The molecule has 28 heavy (non-hydrogen) atoms. The van der Waals surface area contributed by atoms with Crippen LogP contribution in [0.25, 0.3) is 10.9 Å². The molecule has 1 aliphatic heterocycles. The molecule has 1 amide bonds. The second-order valence-electron chi connectivity index (χ2n) is 7.12. The fraction of sp³-hybridized carbons (Fsp3) is 0.381. The van der Waals surface area contributed by atoms with Crippen molar-refractivity contribution < 1.29 is 4.79 Å². The van der Waals surface area contributed by atoms with Crippen LogP contribution < -0.4 is 10.5 Å². The monoisotopic (exact) mass is 379 g/mol. The molecule has 4 rings (SSSR count). The third kappa shape index (κ3) is 3.28. The van der Waals surface area contributed by atoms with Gasteiger partial charge in [-0.1, -0.05) is 18.2 Å². The van der Waals surface area contributed by atoms with Crippen LogP contribution in [0.4, 0.5) is 5.69 Å². The minimum atomic E-state index is -0.156. The van der Waals surface area contributed by atoms with E-state index in [1.807, 2.05) is 43.0 Å². The molecule has 146 valence electrons. The molecule has 0 bridgehead atoms. The number of anilines is 1. The molecule has 3 heterocycles. The second-order valence-corrected chi connectivity index (χ2v) is 7.12. The Labute approximate surface area is 163 Å². The average Bonchev–Trinajstić information content (AvgIpc) is 3.07. The van der Waals surface area contributed by atoms with Crippen LogP contribution in [0.1, 0.15) is 12.6 Å². The van der Waals surface area contributed by atoms with Gasteiger partial charge in [-0.2, -0.15) is 5.10 Å². The highest BCUT2D eigenvalue weighted by molar-refractivity contribution is 5.81. The third-order valence-electron chi connectivity index (χ3n) is 5.42. The van der Waals surface area contributed by atoms with E-state index >= 15 is 0 Å². The van der Waals surface area contributed by atoms with Crippen molar-refractivity contribution in [3.05, 3.63) is 58.6 Å². The molecule has 0 N–H and O–H groups in total. The molecule has 1 saturated heterocycles. The standard InChI is InChI=1S/C21H25N5O2/c1-3-26-20-18(16(2)22-26)9-10-25(21(20)28)15-19(27)24-13-11-23(12-14-24)17-7-5-4-6-8-17/h4-10H,3,11-15H2,1-2H3. The zero-order valence-electron chi connectivity index (χ0n) is 16.3. The van der Waals surface area contributed by atoms with Crippen molar-refractivity contribution in [3.63, 3.8) is 0 Å². The predicted octanol–water partition coefficient (Wildman–Crippen LogP) is 1.88. The van der Waals surface area contributed by atoms with E-state index in [4.69, 9.17) is 0 Å². The summed E-state index contributed by atoms with van der Waals surface area (Å²) in [5.41, 5.74) is 2.43. The first kappa shape index (κ1) is 18.3. The molecule has 7 nitrogen and oxygen atoms in total.